The Balaban J connectivity index is 1.37. The number of carbonyl (C=O) groups excluding carboxylic acids is 1. The lowest BCUT2D eigenvalue weighted by Crippen LogP contribution is -2.25. The number of rotatable bonds is 9. The van der Waals surface area contributed by atoms with E-state index in [1.54, 1.807) is 18.9 Å². The zero-order valence-electron chi connectivity index (χ0n) is 16.9. The first kappa shape index (κ1) is 20.2. The zero-order chi connectivity index (χ0) is 20.1. The molecule has 7 heteroatoms. The van der Waals surface area contributed by atoms with Gasteiger partial charge in [-0.15, -0.1) is 0 Å². The molecule has 6 nitrogen and oxygen atoms in total. The number of carbonyl (C=O) groups is 1. The fraction of sp³-hybridized carbons (Fsp3) is 0.500. The summed E-state index contributed by atoms with van der Waals surface area (Å²) >= 11 is 1.62. The Morgan fingerprint density at radius 1 is 1.21 bits per heavy atom. The Hall–Kier alpha value is -2.12. The second-order valence-corrected chi connectivity index (χ2v) is 8.71. The van der Waals surface area contributed by atoms with Crippen LogP contribution < -0.4 is 10.2 Å². The summed E-state index contributed by atoms with van der Waals surface area (Å²) in [5.41, 5.74) is 2.78. The summed E-state index contributed by atoms with van der Waals surface area (Å²) in [6.07, 6.45) is 4.91. The third kappa shape index (κ3) is 5.70. The number of nitrogens with one attached hydrogen (secondary N) is 1. The lowest BCUT2D eigenvalue weighted by molar-refractivity contribution is 0.0952. The quantitative estimate of drug-likeness (QED) is 0.501. The van der Waals surface area contributed by atoms with Gasteiger partial charge >= 0.3 is 0 Å². The van der Waals surface area contributed by atoms with Gasteiger partial charge in [0.1, 0.15) is 5.82 Å². The standard InChI is InChI=1S/C22H28N4O2S/c1-28-14-19-12-20(26-10-2-3-11-26)25-22(24-19)29-15-17-6-8-18(9-7-17)21(27)23-13-16-4-5-16/h6-9,12,16H,2-5,10-11,13-15H2,1H3,(H,23,27). The maximum atomic E-state index is 12.2. The fourth-order valence-electron chi connectivity index (χ4n) is 3.42. The number of ether oxygens (including phenoxy) is 1. The molecule has 2 aromatic rings. The molecule has 2 heterocycles. The zero-order valence-corrected chi connectivity index (χ0v) is 17.7. The van der Waals surface area contributed by atoms with Gasteiger partial charge in [0.25, 0.3) is 5.91 Å². The number of aromatic nitrogens is 2. The predicted octanol–water partition coefficient (Wildman–Crippen LogP) is 3.66. The first-order valence-electron chi connectivity index (χ1n) is 10.3. The van der Waals surface area contributed by atoms with E-state index in [0.717, 1.165) is 47.6 Å². The van der Waals surface area contributed by atoms with Gasteiger partial charge in [-0.2, -0.15) is 0 Å². The second-order valence-electron chi connectivity index (χ2n) is 7.77. The normalized spacial score (nSPS) is 16.2. The molecule has 0 unspecified atom stereocenters. The van der Waals surface area contributed by atoms with Crippen molar-refractivity contribution in [2.45, 2.75) is 43.2 Å². The predicted molar refractivity (Wildman–Crippen MR) is 115 cm³/mol. The van der Waals surface area contributed by atoms with Crippen LogP contribution in [0.25, 0.3) is 0 Å². The minimum Gasteiger partial charge on any atom is -0.378 e. The second kappa shape index (κ2) is 9.59. The number of benzene rings is 1. The van der Waals surface area contributed by atoms with Crippen LogP contribution in [0.15, 0.2) is 35.5 Å². The maximum absolute atomic E-state index is 12.2. The highest BCUT2D eigenvalue weighted by Crippen LogP contribution is 2.28. The molecule has 1 amide bonds. The SMILES string of the molecule is COCc1cc(N2CCCC2)nc(SCc2ccc(C(=O)NCC3CC3)cc2)n1. The maximum Gasteiger partial charge on any atom is 0.251 e. The van der Waals surface area contributed by atoms with Crippen LogP contribution in [0.5, 0.6) is 0 Å². The van der Waals surface area contributed by atoms with E-state index in [4.69, 9.17) is 9.72 Å². The van der Waals surface area contributed by atoms with Crippen molar-refractivity contribution in [3.63, 3.8) is 0 Å². The van der Waals surface area contributed by atoms with E-state index >= 15 is 0 Å². The average Bonchev–Trinajstić information content (AvgIpc) is 3.41. The molecule has 1 saturated carbocycles. The van der Waals surface area contributed by atoms with Gasteiger partial charge in [-0.3, -0.25) is 4.79 Å². The Morgan fingerprint density at radius 3 is 2.66 bits per heavy atom. The van der Waals surface area contributed by atoms with E-state index in [2.05, 4.69) is 15.2 Å². The van der Waals surface area contributed by atoms with E-state index in [0.29, 0.717) is 18.1 Å². The molecule has 0 bridgehead atoms. The molecule has 154 valence electrons. The number of methoxy groups -OCH3 is 1. The molecular weight excluding hydrogens is 384 g/mol. The Morgan fingerprint density at radius 2 is 1.97 bits per heavy atom. The molecule has 1 aromatic carbocycles. The van der Waals surface area contributed by atoms with Crippen LogP contribution in [0.4, 0.5) is 5.82 Å². The number of nitrogens with zero attached hydrogens (tertiary/aromatic N) is 3. The van der Waals surface area contributed by atoms with Crippen LogP contribution in [0.3, 0.4) is 0 Å². The van der Waals surface area contributed by atoms with Crippen LogP contribution in [0.2, 0.25) is 0 Å². The molecular formula is C22H28N4O2S. The summed E-state index contributed by atoms with van der Waals surface area (Å²) in [6.45, 7) is 3.39. The molecule has 0 atom stereocenters. The van der Waals surface area contributed by atoms with Gasteiger partial charge in [0.2, 0.25) is 0 Å². The molecule has 1 aromatic heterocycles. The highest BCUT2D eigenvalue weighted by atomic mass is 32.2. The number of hydrogen-bond acceptors (Lipinski definition) is 6. The highest BCUT2D eigenvalue weighted by molar-refractivity contribution is 7.98. The van der Waals surface area contributed by atoms with Crippen molar-refractivity contribution >= 4 is 23.5 Å². The third-order valence-corrected chi connectivity index (χ3v) is 6.22. The number of amides is 1. The lowest BCUT2D eigenvalue weighted by atomic mass is 10.1. The first-order valence-corrected chi connectivity index (χ1v) is 11.3. The average molecular weight is 413 g/mol. The molecule has 0 spiro atoms. The van der Waals surface area contributed by atoms with Crippen molar-refractivity contribution in [3.8, 4) is 0 Å². The summed E-state index contributed by atoms with van der Waals surface area (Å²) in [7, 11) is 1.69. The van der Waals surface area contributed by atoms with Gasteiger partial charge in [0, 0.05) is 44.1 Å². The minimum absolute atomic E-state index is 0.0157. The van der Waals surface area contributed by atoms with Gasteiger partial charge in [-0.25, -0.2) is 9.97 Å². The molecule has 0 radical (unpaired) electrons. The van der Waals surface area contributed by atoms with E-state index in [1.807, 2.05) is 30.3 Å². The molecule has 2 aliphatic rings. The van der Waals surface area contributed by atoms with Crippen molar-refractivity contribution in [1.82, 2.24) is 15.3 Å². The van der Waals surface area contributed by atoms with Crippen molar-refractivity contribution in [1.29, 1.82) is 0 Å². The number of anilines is 1. The van der Waals surface area contributed by atoms with Crippen molar-refractivity contribution in [2.24, 2.45) is 5.92 Å². The Bertz CT molecular complexity index is 833. The van der Waals surface area contributed by atoms with Gasteiger partial charge in [-0.1, -0.05) is 23.9 Å². The van der Waals surface area contributed by atoms with Crippen molar-refractivity contribution < 1.29 is 9.53 Å². The van der Waals surface area contributed by atoms with Crippen LogP contribution in [0.1, 0.15) is 47.3 Å². The van der Waals surface area contributed by atoms with Crippen LogP contribution in [-0.2, 0) is 17.1 Å². The van der Waals surface area contributed by atoms with Crippen LogP contribution in [0, 0.1) is 5.92 Å². The molecule has 29 heavy (non-hydrogen) atoms. The molecule has 1 aliphatic carbocycles. The first-order chi connectivity index (χ1) is 14.2. The fourth-order valence-corrected chi connectivity index (χ4v) is 4.24. The van der Waals surface area contributed by atoms with Gasteiger partial charge in [0.05, 0.1) is 12.3 Å². The third-order valence-electron chi connectivity index (χ3n) is 5.30. The number of thioether (sulfide) groups is 1. The lowest BCUT2D eigenvalue weighted by Gasteiger charge is -2.17. The monoisotopic (exact) mass is 412 g/mol. The summed E-state index contributed by atoms with van der Waals surface area (Å²) in [6, 6.07) is 9.86. The van der Waals surface area contributed by atoms with Gasteiger partial charge in [-0.05, 0) is 49.3 Å². The molecule has 4 rings (SSSR count). The van der Waals surface area contributed by atoms with Crippen molar-refractivity contribution in [3.05, 3.63) is 47.2 Å². The summed E-state index contributed by atoms with van der Waals surface area (Å²) in [4.78, 5) is 23.9. The summed E-state index contributed by atoms with van der Waals surface area (Å²) < 4.78 is 5.28. The smallest absolute Gasteiger partial charge is 0.251 e. The van der Waals surface area contributed by atoms with Crippen molar-refractivity contribution in [2.75, 3.05) is 31.6 Å². The van der Waals surface area contributed by atoms with Crippen LogP contribution in [-0.4, -0.2) is 42.6 Å². The van der Waals surface area contributed by atoms with E-state index in [9.17, 15) is 4.79 Å². The Labute approximate surface area is 176 Å². The molecule has 2 fully saturated rings. The molecule has 1 saturated heterocycles. The summed E-state index contributed by atoms with van der Waals surface area (Å²) in [5, 5.41) is 3.78. The van der Waals surface area contributed by atoms with Gasteiger partial charge < -0.3 is 15.0 Å². The number of hydrogen-bond donors (Lipinski definition) is 1. The van der Waals surface area contributed by atoms with E-state index in [1.165, 1.54) is 25.7 Å². The largest absolute Gasteiger partial charge is 0.378 e. The van der Waals surface area contributed by atoms with E-state index < -0.39 is 0 Å². The summed E-state index contributed by atoms with van der Waals surface area (Å²) in [5.74, 6) is 2.46. The Kier molecular flexibility index (Phi) is 6.67. The molecule has 1 N–H and O–H groups in total. The van der Waals surface area contributed by atoms with Crippen LogP contribution >= 0.6 is 11.8 Å². The topological polar surface area (TPSA) is 67.3 Å². The van der Waals surface area contributed by atoms with Gasteiger partial charge in [0.15, 0.2) is 5.16 Å². The highest BCUT2D eigenvalue weighted by Gasteiger charge is 2.21. The van der Waals surface area contributed by atoms with E-state index in [-0.39, 0.29) is 5.91 Å². The molecule has 1 aliphatic heterocycles. The minimum atomic E-state index is 0.0157.